The van der Waals surface area contributed by atoms with E-state index in [1.807, 2.05) is 59.9 Å². The molecular weight excluding hydrogens is 645 g/mol. The summed E-state index contributed by atoms with van der Waals surface area (Å²) < 4.78 is 11.4. The van der Waals surface area contributed by atoms with Gasteiger partial charge in [0.15, 0.2) is 0 Å². The van der Waals surface area contributed by atoms with Crippen LogP contribution < -0.4 is 5.32 Å². The number of nitrogens with zero attached hydrogens (tertiary/aromatic N) is 3. The summed E-state index contributed by atoms with van der Waals surface area (Å²) in [5.41, 5.74) is 8.00. The van der Waals surface area contributed by atoms with E-state index in [2.05, 4.69) is 119 Å². The molecule has 0 aliphatic carbocycles. The summed E-state index contributed by atoms with van der Waals surface area (Å²) in [5.74, 6) is 1.28. The van der Waals surface area contributed by atoms with Crippen molar-refractivity contribution in [3.8, 4) is 11.1 Å². The number of benzene rings is 7. The van der Waals surface area contributed by atoms with Crippen LogP contribution >= 0.6 is 11.3 Å². The first-order valence-electron chi connectivity index (χ1n) is 17.1. The number of ether oxygens (including phenoxy) is 1. The maximum atomic E-state index is 6.55. The Morgan fingerprint density at radius 3 is 2.04 bits per heavy atom. The quantitative estimate of drug-likeness (QED) is 0.203. The van der Waals surface area contributed by atoms with Crippen LogP contribution in [0.15, 0.2) is 173 Å². The minimum Gasteiger partial charge on any atom is -0.447 e. The molecular formula is C45H28N4OS. The number of hydrogen-bond donors (Lipinski definition) is 1. The number of hydrogen-bond acceptors (Lipinski definition) is 5. The monoisotopic (exact) mass is 672 g/mol. The van der Waals surface area contributed by atoms with Crippen molar-refractivity contribution in [2.24, 2.45) is 9.98 Å². The van der Waals surface area contributed by atoms with Crippen LogP contribution in [0.3, 0.4) is 0 Å². The van der Waals surface area contributed by atoms with Crippen molar-refractivity contribution in [3.05, 3.63) is 175 Å². The third-order valence-corrected chi connectivity index (χ3v) is 11.2. The van der Waals surface area contributed by atoms with Gasteiger partial charge in [0.25, 0.3) is 0 Å². The Bertz CT molecular complexity index is 2970. The minimum absolute atomic E-state index is 0.498. The van der Waals surface area contributed by atoms with Crippen molar-refractivity contribution in [1.29, 1.82) is 0 Å². The van der Waals surface area contributed by atoms with Gasteiger partial charge in [-0.25, -0.2) is 9.98 Å². The fraction of sp³-hybridized carbons (Fsp3) is 0.0222. The van der Waals surface area contributed by atoms with Crippen molar-refractivity contribution < 1.29 is 4.74 Å². The highest BCUT2D eigenvalue weighted by Crippen LogP contribution is 2.41. The second kappa shape index (κ2) is 11.0. The first kappa shape index (κ1) is 28.3. The van der Waals surface area contributed by atoms with Crippen molar-refractivity contribution in [3.63, 3.8) is 0 Å². The Balaban J connectivity index is 1.14. The number of aromatic nitrogens is 1. The molecule has 9 aromatic rings. The van der Waals surface area contributed by atoms with E-state index in [1.54, 1.807) is 0 Å². The highest BCUT2D eigenvalue weighted by atomic mass is 32.1. The van der Waals surface area contributed by atoms with E-state index in [4.69, 9.17) is 14.7 Å². The molecule has 1 atom stereocenters. The molecule has 0 spiro atoms. The van der Waals surface area contributed by atoms with Gasteiger partial charge in [0, 0.05) is 42.1 Å². The van der Waals surface area contributed by atoms with E-state index in [0.29, 0.717) is 11.9 Å². The predicted octanol–water partition coefficient (Wildman–Crippen LogP) is 11.0. The van der Waals surface area contributed by atoms with E-state index in [0.717, 1.165) is 33.6 Å². The van der Waals surface area contributed by atoms with Gasteiger partial charge in [-0.3, -0.25) is 4.57 Å². The molecule has 1 unspecified atom stereocenters. The highest BCUT2D eigenvalue weighted by Gasteiger charge is 2.35. The molecule has 0 saturated carbocycles. The Hall–Kier alpha value is -6.50. The third-order valence-electron chi connectivity index (χ3n) is 10.1. The Morgan fingerprint density at radius 2 is 1.20 bits per heavy atom. The van der Waals surface area contributed by atoms with Crippen LogP contribution in [0.1, 0.15) is 11.1 Å². The third kappa shape index (κ3) is 4.40. The van der Waals surface area contributed by atoms with Gasteiger partial charge in [-0.1, -0.05) is 109 Å². The van der Waals surface area contributed by atoms with Crippen LogP contribution in [0.5, 0.6) is 0 Å². The van der Waals surface area contributed by atoms with Crippen LogP contribution in [0.25, 0.3) is 69.6 Å². The van der Waals surface area contributed by atoms with Crippen LogP contribution in [0, 0.1) is 0 Å². The second-order valence-corrected chi connectivity index (χ2v) is 14.1. The molecule has 11 rings (SSSR count). The summed E-state index contributed by atoms with van der Waals surface area (Å²) >= 11 is 1.85. The van der Waals surface area contributed by atoms with Gasteiger partial charge >= 0.3 is 0 Å². The summed E-state index contributed by atoms with van der Waals surface area (Å²) in [6.45, 7) is 0. The van der Waals surface area contributed by atoms with Crippen molar-refractivity contribution in [2.75, 3.05) is 0 Å². The number of fused-ring (bicyclic) bond motifs is 9. The molecule has 2 aliphatic rings. The van der Waals surface area contributed by atoms with Gasteiger partial charge in [-0.05, 0) is 70.4 Å². The first-order valence-corrected chi connectivity index (χ1v) is 17.9. The molecule has 0 amide bonds. The maximum absolute atomic E-state index is 6.55. The van der Waals surface area contributed by atoms with Crippen LogP contribution in [0.4, 0.5) is 0 Å². The molecule has 0 radical (unpaired) electrons. The lowest BCUT2D eigenvalue weighted by atomic mass is 9.99. The van der Waals surface area contributed by atoms with Crippen LogP contribution in [-0.2, 0) is 4.74 Å². The zero-order chi connectivity index (χ0) is 33.5. The van der Waals surface area contributed by atoms with Crippen molar-refractivity contribution >= 4 is 81.6 Å². The molecule has 240 valence electrons. The summed E-state index contributed by atoms with van der Waals surface area (Å²) in [4.78, 5) is 10.3. The molecule has 6 heteroatoms. The standard InChI is InChI=1S/C45H28N4OS/c1-3-12-28(13-4-1)41-42-44(50-43(46-42)29-14-5-2-6-15-29)48-45(47-41)49-36-22-20-30(26-35(36)40-32-16-8-7-11-27(32)19-23-37(40)49)31-21-24-39-34(25-31)33-17-9-10-18-38(33)51-39/h1-26,44H,(H,47,48). The summed E-state index contributed by atoms with van der Waals surface area (Å²) in [6, 6.07) is 55.7. The second-order valence-electron chi connectivity index (χ2n) is 13.0. The van der Waals surface area contributed by atoms with Crippen LogP contribution in [0.2, 0.25) is 0 Å². The Labute approximate surface area is 297 Å². The van der Waals surface area contributed by atoms with E-state index in [-0.39, 0.29) is 0 Å². The van der Waals surface area contributed by atoms with Gasteiger partial charge in [-0.2, -0.15) is 0 Å². The Morgan fingerprint density at radius 1 is 0.529 bits per heavy atom. The zero-order valence-corrected chi connectivity index (χ0v) is 28.1. The minimum atomic E-state index is -0.498. The summed E-state index contributed by atoms with van der Waals surface area (Å²) in [5, 5.41) is 11.0. The summed E-state index contributed by atoms with van der Waals surface area (Å²) in [7, 11) is 0. The van der Waals surface area contributed by atoms with Gasteiger partial charge in [0.1, 0.15) is 11.4 Å². The lowest BCUT2D eigenvalue weighted by molar-refractivity contribution is 0.228. The van der Waals surface area contributed by atoms with E-state index < -0.39 is 6.23 Å². The molecule has 0 fully saturated rings. The molecule has 51 heavy (non-hydrogen) atoms. The van der Waals surface area contributed by atoms with Crippen molar-refractivity contribution in [1.82, 2.24) is 9.88 Å². The highest BCUT2D eigenvalue weighted by molar-refractivity contribution is 7.25. The first-order chi connectivity index (χ1) is 25.3. The fourth-order valence-corrected chi connectivity index (χ4v) is 8.78. The molecule has 2 aromatic heterocycles. The molecule has 0 saturated heterocycles. The van der Waals surface area contributed by atoms with Crippen LogP contribution in [-0.4, -0.2) is 22.7 Å². The number of rotatable bonds is 3. The molecule has 0 bridgehead atoms. The lowest BCUT2D eigenvalue weighted by Gasteiger charge is -2.24. The van der Waals surface area contributed by atoms with Gasteiger partial charge < -0.3 is 10.1 Å². The topological polar surface area (TPSA) is 50.9 Å². The smallest absolute Gasteiger partial charge is 0.223 e. The number of nitrogens with one attached hydrogen (secondary N) is 1. The molecule has 2 aliphatic heterocycles. The van der Waals surface area contributed by atoms with Gasteiger partial charge in [0.05, 0.1) is 11.0 Å². The predicted molar refractivity (Wildman–Crippen MR) is 212 cm³/mol. The molecule has 7 aromatic carbocycles. The van der Waals surface area contributed by atoms with E-state index >= 15 is 0 Å². The van der Waals surface area contributed by atoms with E-state index in [9.17, 15) is 0 Å². The number of aliphatic imine (C=N–C) groups is 2. The average molecular weight is 673 g/mol. The maximum Gasteiger partial charge on any atom is 0.223 e. The molecule has 1 N–H and O–H groups in total. The fourth-order valence-electron chi connectivity index (χ4n) is 7.69. The molecule has 5 nitrogen and oxygen atoms in total. The average Bonchev–Trinajstić information content (AvgIpc) is 3.89. The van der Waals surface area contributed by atoms with Gasteiger partial charge in [0.2, 0.25) is 18.1 Å². The zero-order valence-electron chi connectivity index (χ0n) is 27.2. The normalized spacial score (nSPS) is 15.7. The van der Waals surface area contributed by atoms with Crippen molar-refractivity contribution in [2.45, 2.75) is 6.23 Å². The number of thiophene rings is 1. The van der Waals surface area contributed by atoms with Gasteiger partial charge in [-0.15, -0.1) is 11.3 Å². The molecule has 4 heterocycles. The van der Waals surface area contributed by atoms with E-state index in [1.165, 1.54) is 52.8 Å². The SMILES string of the molecule is c1ccc(C2=NC3=C(c4ccccc4)N=C(n4c5ccc(-c6ccc7sc8ccccc8c7c6)cc5c5c6ccccc6ccc54)NC3O2)cc1. The largest absolute Gasteiger partial charge is 0.447 e. The summed E-state index contributed by atoms with van der Waals surface area (Å²) in [6.07, 6.45) is -0.498. The lowest BCUT2D eigenvalue weighted by Crippen LogP contribution is -2.42. The Kier molecular flexibility index (Phi) is 6.12.